The molecule has 0 atom stereocenters. The highest BCUT2D eigenvalue weighted by atomic mass is 16.3. The topological polar surface area (TPSA) is 75.4 Å². The molecule has 0 aromatic heterocycles. The zero-order chi connectivity index (χ0) is 13.2. The second-order valence-corrected chi connectivity index (χ2v) is 5.43. The number of hydrogen-bond acceptors (Lipinski definition) is 3. The molecule has 1 saturated carbocycles. The molecule has 0 heterocycles. The minimum atomic E-state index is -0.112. The Hall–Kier alpha value is -0.610. The highest BCUT2D eigenvalue weighted by Gasteiger charge is 2.19. The van der Waals surface area contributed by atoms with Crippen LogP contribution in [0, 0.1) is 5.92 Å². The third-order valence-electron chi connectivity index (χ3n) is 3.76. The molecule has 0 spiro atoms. The Kier molecular flexibility index (Phi) is 8.01. The molecule has 4 N–H and O–H groups in total. The van der Waals surface area contributed by atoms with Gasteiger partial charge < -0.3 is 16.2 Å². The van der Waals surface area contributed by atoms with Crippen LogP contribution in [-0.4, -0.2) is 30.2 Å². The van der Waals surface area contributed by atoms with Crippen LogP contribution in [0.3, 0.4) is 0 Å². The smallest absolute Gasteiger partial charge is 0.220 e. The molecule has 4 nitrogen and oxygen atoms in total. The number of amides is 1. The van der Waals surface area contributed by atoms with E-state index in [1.54, 1.807) is 0 Å². The third kappa shape index (κ3) is 6.97. The maximum absolute atomic E-state index is 11.6. The molecule has 106 valence electrons. The third-order valence-corrected chi connectivity index (χ3v) is 3.76. The van der Waals surface area contributed by atoms with E-state index in [0.29, 0.717) is 12.3 Å². The Morgan fingerprint density at radius 3 is 2.44 bits per heavy atom. The summed E-state index contributed by atoms with van der Waals surface area (Å²) >= 11 is 0. The van der Waals surface area contributed by atoms with E-state index in [9.17, 15) is 9.90 Å². The molecular weight excluding hydrogens is 228 g/mol. The van der Waals surface area contributed by atoms with Crippen LogP contribution in [0.15, 0.2) is 0 Å². The van der Waals surface area contributed by atoms with Gasteiger partial charge in [0.1, 0.15) is 0 Å². The van der Waals surface area contributed by atoms with Gasteiger partial charge in [-0.05, 0) is 51.0 Å². The molecule has 0 bridgehead atoms. The zero-order valence-electron chi connectivity index (χ0n) is 11.4. The lowest BCUT2D eigenvalue weighted by molar-refractivity contribution is -0.121. The first kappa shape index (κ1) is 15.4. The number of unbranched alkanes of at least 4 members (excludes halogenated alkanes) is 3. The first-order valence-corrected chi connectivity index (χ1v) is 7.37. The molecule has 0 saturated heterocycles. The minimum Gasteiger partial charge on any atom is -0.393 e. The molecule has 1 fully saturated rings. The second kappa shape index (κ2) is 9.34. The van der Waals surface area contributed by atoms with E-state index in [1.807, 2.05) is 0 Å². The van der Waals surface area contributed by atoms with Crippen molar-refractivity contribution in [2.24, 2.45) is 11.7 Å². The lowest BCUT2D eigenvalue weighted by Crippen LogP contribution is -2.31. The number of nitrogens with two attached hydrogens (primary N) is 1. The van der Waals surface area contributed by atoms with E-state index in [4.69, 9.17) is 5.73 Å². The highest BCUT2D eigenvalue weighted by molar-refractivity contribution is 5.75. The number of carbonyl (C=O) groups is 1. The first-order chi connectivity index (χ1) is 8.72. The van der Waals surface area contributed by atoms with E-state index in [1.165, 1.54) is 0 Å². The SMILES string of the molecule is NCCCCCCC(=O)NCC1CCC(O)CC1. The predicted molar refractivity (Wildman–Crippen MR) is 73.1 cm³/mol. The summed E-state index contributed by atoms with van der Waals surface area (Å²) in [6.45, 7) is 1.54. The summed E-state index contributed by atoms with van der Waals surface area (Å²) in [5, 5.41) is 12.4. The largest absolute Gasteiger partial charge is 0.393 e. The van der Waals surface area contributed by atoms with Gasteiger partial charge in [-0.15, -0.1) is 0 Å². The fraction of sp³-hybridized carbons (Fsp3) is 0.929. The molecule has 0 radical (unpaired) electrons. The summed E-state index contributed by atoms with van der Waals surface area (Å²) in [5.41, 5.74) is 5.41. The van der Waals surface area contributed by atoms with Crippen LogP contribution in [0.5, 0.6) is 0 Å². The Morgan fingerprint density at radius 2 is 1.78 bits per heavy atom. The van der Waals surface area contributed by atoms with E-state index >= 15 is 0 Å². The monoisotopic (exact) mass is 256 g/mol. The molecule has 1 rings (SSSR count). The number of carbonyl (C=O) groups excluding carboxylic acids is 1. The van der Waals surface area contributed by atoms with Crippen molar-refractivity contribution in [2.75, 3.05) is 13.1 Å². The Morgan fingerprint density at radius 1 is 1.11 bits per heavy atom. The van der Waals surface area contributed by atoms with Gasteiger partial charge in [-0.1, -0.05) is 12.8 Å². The summed E-state index contributed by atoms with van der Waals surface area (Å²) in [6, 6.07) is 0. The quantitative estimate of drug-likeness (QED) is 0.577. The predicted octanol–water partition coefficient (Wildman–Crippen LogP) is 1.56. The van der Waals surface area contributed by atoms with Crippen LogP contribution in [0.1, 0.15) is 57.8 Å². The van der Waals surface area contributed by atoms with Crippen LogP contribution in [0.4, 0.5) is 0 Å². The minimum absolute atomic E-state index is 0.112. The average molecular weight is 256 g/mol. The van der Waals surface area contributed by atoms with Crippen molar-refractivity contribution in [1.29, 1.82) is 0 Å². The molecule has 0 aromatic carbocycles. The van der Waals surface area contributed by atoms with Gasteiger partial charge >= 0.3 is 0 Å². The van der Waals surface area contributed by atoms with Gasteiger partial charge in [-0.2, -0.15) is 0 Å². The lowest BCUT2D eigenvalue weighted by Gasteiger charge is -2.25. The number of nitrogens with one attached hydrogen (secondary N) is 1. The molecule has 1 aliphatic carbocycles. The normalized spacial score (nSPS) is 23.9. The van der Waals surface area contributed by atoms with Gasteiger partial charge in [0, 0.05) is 13.0 Å². The van der Waals surface area contributed by atoms with E-state index in [0.717, 1.165) is 64.5 Å². The van der Waals surface area contributed by atoms with Crippen LogP contribution in [0.25, 0.3) is 0 Å². The summed E-state index contributed by atoms with van der Waals surface area (Å²) in [5.74, 6) is 0.739. The maximum Gasteiger partial charge on any atom is 0.220 e. The molecule has 1 aliphatic rings. The summed E-state index contributed by atoms with van der Waals surface area (Å²) in [4.78, 5) is 11.6. The Bertz CT molecular complexity index is 226. The van der Waals surface area contributed by atoms with Crippen molar-refractivity contribution in [2.45, 2.75) is 63.9 Å². The van der Waals surface area contributed by atoms with Crippen LogP contribution < -0.4 is 11.1 Å². The van der Waals surface area contributed by atoms with Crippen molar-refractivity contribution in [1.82, 2.24) is 5.32 Å². The molecule has 18 heavy (non-hydrogen) atoms. The molecule has 1 amide bonds. The molecule has 0 aromatic rings. The summed E-state index contributed by atoms with van der Waals surface area (Å²) < 4.78 is 0. The first-order valence-electron chi connectivity index (χ1n) is 7.37. The Labute approximate surface area is 110 Å². The van der Waals surface area contributed by atoms with Crippen LogP contribution in [0.2, 0.25) is 0 Å². The van der Waals surface area contributed by atoms with Gasteiger partial charge in [0.2, 0.25) is 5.91 Å². The van der Waals surface area contributed by atoms with Crippen molar-refractivity contribution >= 4 is 5.91 Å². The van der Waals surface area contributed by atoms with Crippen molar-refractivity contribution < 1.29 is 9.90 Å². The van der Waals surface area contributed by atoms with Gasteiger partial charge in [-0.3, -0.25) is 4.79 Å². The molecule has 4 heteroatoms. The van der Waals surface area contributed by atoms with Crippen molar-refractivity contribution in [3.63, 3.8) is 0 Å². The van der Waals surface area contributed by atoms with E-state index in [-0.39, 0.29) is 12.0 Å². The number of aliphatic hydroxyl groups is 1. The average Bonchev–Trinajstić information content (AvgIpc) is 2.38. The van der Waals surface area contributed by atoms with Gasteiger partial charge in [-0.25, -0.2) is 0 Å². The van der Waals surface area contributed by atoms with Crippen molar-refractivity contribution in [3.05, 3.63) is 0 Å². The number of hydrogen-bond donors (Lipinski definition) is 3. The van der Waals surface area contributed by atoms with Crippen LogP contribution >= 0.6 is 0 Å². The van der Waals surface area contributed by atoms with Crippen molar-refractivity contribution in [3.8, 4) is 0 Å². The van der Waals surface area contributed by atoms with E-state index in [2.05, 4.69) is 5.32 Å². The summed E-state index contributed by atoms with van der Waals surface area (Å²) in [7, 11) is 0. The number of aliphatic hydroxyl groups excluding tert-OH is 1. The fourth-order valence-electron chi connectivity index (χ4n) is 2.48. The molecular formula is C14H28N2O2. The zero-order valence-corrected chi connectivity index (χ0v) is 11.4. The van der Waals surface area contributed by atoms with Crippen LogP contribution in [-0.2, 0) is 4.79 Å². The fourth-order valence-corrected chi connectivity index (χ4v) is 2.48. The number of rotatable bonds is 8. The summed E-state index contributed by atoms with van der Waals surface area (Å²) in [6.07, 6.45) is 8.64. The van der Waals surface area contributed by atoms with Gasteiger partial charge in [0.15, 0.2) is 0 Å². The molecule has 0 unspecified atom stereocenters. The standard InChI is InChI=1S/C14H28N2O2/c15-10-4-2-1-3-5-14(18)16-11-12-6-8-13(17)9-7-12/h12-13,17H,1-11,15H2,(H,16,18). The highest BCUT2D eigenvalue weighted by Crippen LogP contribution is 2.23. The lowest BCUT2D eigenvalue weighted by atomic mass is 9.87. The van der Waals surface area contributed by atoms with Gasteiger partial charge in [0.25, 0.3) is 0 Å². The maximum atomic E-state index is 11.6. The Balaban J connectivity index is 1.96. The van der Waals surface area contributed by atoms with Gasteiger partial charge in [0.05, 0.1) is 6.10 Å². The van der Waals surface area contributed by atoms with E-state index < -0.39 is 0 Å². The second-order valence-electron chi connectivity index (χ2n) is 5.43. The molecule has 0 aliphatic heterocycles.